The highest BCUT2D eigenvalue weighted by Gasteiger charge is 2.28. The van der Waals surface area contributed by atoms with Crippen molar-refractivity contribution in [3.63, 3.8) is 0 Å². The molecule has 0 aliphatic carbocycles. The molecule has 0 fully saturated rings. The van der Waals surface area contributed by atoms with Gasteiger partial charge in [-0.15, -0.1) is 0 Å². The van der Waals surface area contributed by atoms with Crippen molar-refractivity contribution < 1.29 is 19.4 Å². The molecule has 0 aliphatic heterocycles. The van der Waals surface area contributed by atoms with Crippen LogP contribution in [0, 0.1) is 5.82 Å². The van der Waals surface area contributed by atoms with Crippen molar-refractivity contribution in [3.8, 4) is 22.4 Å². The zero-order valence-electron chi connectivity index (χ0n) is 18.3. The van der Waals surface area contributed by atoms with Crippen LogP contribution in [-0.4, -0.2) is 37.7 Å². The van der Waals surface area contributed by atoms with Gasteiger partial charge in [0.1, 0.15) is 11.5 Å². The highest BCUT2D eigenvalue weighted by Crippen LogP contribution is 2.44. The molecule has 6 nitrogen and oxygen atoms in total. The molecule has 0 spiro atoms. The number of fused-ring (bicyclic) bond motifs is 2. The molecule has 0 bridgehead atoms. The molecule has 33 heavy (non-hydrogen) atoms. The van der Waals surface area contributed by atoms with Crippen LogP contribution in [0.5, 0.6) is 0 Å². The number of aromatic amines is 3. The summed E-state index contributed by atoms with van der Waals surface area (Å²) in [7, 11) is 0. The van der Waals surface area contributed by atoms with E-state index in [1.54, 1.807) is 6.20 Å². The number of carbonyl (C=O) groups is 1. The van der Waals surface area contributed by atoms with E-state index in [2.05, 4.69) is 15.0 Å². The molecule has 0 amide bonds. The largest absolute Gasteiger partial charge is 0.477 e. The number of aliphatic hydroxyl groups is 1. The van der Waals surface area contributed by atoms with Gasteiger partial charge in [-0.3, -0.25) is 0 Å². The van der Waals surface area contributed by atoms with Gasteiger partial charge in [-0.25, -0.2) is 9.18 Å². The molecule has 3 heterocycles. The minimum Gasteiger partial charge on any atom is -0.477 e. The van der Waals surface area contributed by atoms with Crippen LogP contribution in [0.4, 0.5) is 4.39 Å². The van der Waals surface area contributed by atoms with Crippen molar-refractivity contribution in [1.29, 1.82) is 0 Å². The zero-order valence-corrected chi connectivity index (χ0v) is 18.3. The quantitative estimate of drug-likeness (QED) is 0.228. The highest BCUT2D eigenvalue weighted by molar-refractivity contribution is 6.07. The van der Waals surface area contributed by atoms with E-state index < -0.39 is 11.8 Å². The number of H-pyrrole nitrogens is 3. The Kier molecular flexibility index (Phi) is 5.06. The molecule has 5 aromatic rings. The minimum absolute atomic E-state index is 0.0166. The molecule has 0 saturated heterocycles. The summed E-state index contributed by atoms with van der Waals surface area (Å²) in [6.07, 6.45) is 4.04. The molecule has 5 rings (SSSR count). The molecule has 0 unspecified atom stereocenters. The average molecular weight is 445 g/mol. The number of carboxylic acid groups (broad SMARTS) is 1. The Labute approximate surface area is 189 Å². The predicted octanol–water partition coefficient (Wildman–Crippen LogP) is 5.81. The van der Waals surface area contributed by atoms with Gasteiger partial charge in [0.25, 0.3) is 0 Å². The van der Waals surface area contributed by atoms with E-state index in [-0.39, 0.29) is 18.2 Å². The number of aromatic nitrogens is 3. The molecular weight excluding hydrogens is 421 g/mol. The number of nitrogens with one attached hydrogen (secondary N) is 3. The monoisotopic (exact) mass is 445 g/mol. The van der Waals surface area contributed by atoms with Crippen molar-refractivity contribution in [2.45, 2.75) is 26.2 Å². The second kappa shape index (κ2) is 7.94. The first-order chi connectivity index (χ1) is 15.9. The highest BCUT2D eigenvalue weighted by atomic mass is 19.1. The third-order valence-electron chi connectivity index (χ3n) is 6.17. The van der Waals surface area contributed by atoms with E-state index in [1.807, 2.05) is 44.3 Å². The van der Waals surface area contributed by atoms with Crippen LogP contribution in [0.1, 0.15) is 41.4 Å². The maximum absolute atomic E-state index is 14.5. The molecule has 7 heteroatoms. The van der Waals surface area contributed by atoms with Crippen LogP contribution in [0.3, 0.4) is 0 Å². The average Bonchev–Trinajstić information content (AvgIpc) is 3.49. The van der Waals surface area contributed by atoms with E-state index in [0.29, 0.717) is 28.8 Å². The van der Waals surface area contributed by atoms with E-state index >= 15 is 0 Å². The van der Waals surface area contributed by atoms with E-state index in [0.717, 1.165) is 33.0 Å². The third-order valence-corrected chi connectivity index (χ3v) is 6.17. The van der Waals surface area contributed by atoms with Gasteiger partial charge in [0.15, 0.2) is 0 Å². The van der Waals surface area contributed by atoms with Gasteiger partial charge in [-0.05, 0) is 53.3 Å². The molecule has 0 aliphatic rings. The van der Waals surface area contributed by atoms with Gasteiger partial charge in [0.2, 0.25) is 0 Å². The molecule has 168 valence electrons. The summed E-state index contributed by atoms with van der Waals surface area (Å²) in [4.78, 5) is 21.8. The Balaban J connectivity index is 1.90. The van der Waals surface area contributed by atoms with Crippen molar-refractivity contribution in [1.82, 2.24) is 15.0 Å². The van der Waals surface area contributed by atoms with Gasteiger partial charge in [-0.2, -0.15) is 0 Å². The standard InChI is InChI=1S/C26H24FN3O3/c1-13(2)21-23(17-4-3-5-19-22(17)14(7-9-31)12-29-19)25(26(32)33)30-24(21)18-10-15(27)11-20-16(18)6-8-28-20/h3-6,8,10-13,28-31H,7,9H2,1-2H3,(H,32,33). The Morgan fingerprint density at radius 2 is 1.91 bits per heavy atom. The number of hydrogen-bond donors (Lipinski definition) is 5. The zero-order chi connectivity index (χ0) is 23.3. The molecular formula is C26H24FN3O3. The Morgan fingerprint density at radius 1 is 1.09 bits per heavy atom. The second-order valence-corrected chi connectivity index (χ2v) is 8.53. The van der Waals surface area contributed by atoms with Crippen molar-refractivity contribution in [3.05, 3.63) is 71.4 Å². The number of hydrogen-bond acceptors (Lipinski definition) is 2. The summed E-state index contributed by atoms with van der Waals surface area (Å²) >= 11 is 0. The Morgan fingerprint density at radius 3 is 2.64 bits per heavy atom. The number of aliphatic hydroxyl groups excluding tert-OH is 1. The van der Waals surface area contributed by atoms with Crippen LogP contribution < -0.4 is 0 Å². The summed E-state index contributed by atoms with van der Waals surface area (Å²) in [6.45, 7) is 3.99. The lowest BCUT2D eigenvalue weighted by Crippen LogP contribution is -2.01. The van der Waals surface area contributed by atoms with Gasteiger partial charge in [0, 0.05) is 51.9 Å². The first kappa shape index (κ1) is 21.0. The lowest BCUT2D eigenvalue weighted by Gasteiger charge is -2.14. The molecule has 2 aromatic carbocycles. The molecule has 5 N–H and O–H groups in total. The summed E-state index contributed by atoms with van der Waals surface area (Å²) in [5, 5.41) is 21.4. The maximum Gasteiger partial charge on any atom is 0.352 e. The first-order valence-electron chi connectivity index (χ1n) is 10.9. The minimum atomic E-state index is -1.09. The smallest absolute Gasteiger partial charge is 0.352 e. The van der Waals surface area contributed by atoms with Gasteiger partial charge >= 0.3 is 5.97 Å². The lowest BCUT2D eigenvalue weighted by molar-refractivity contribution is 0.0692. The van der Waals surface area contributed by atoms with Gasteiger partial charge in [-0.1, -0.05) is 26.0 Å². The van der Waals surface area contributed by atoms with Crippen LogP contribution in [0.2, 0.25) is 0 Å². The lowest BCUT2D eigenvalue weighted by atomic mass is 9.88. The van der Waals surface area contributed by atoms with Crippen molar-refractivity contribution >= 4 is 27.8 Å². The summed E-state index contributed by atoms with van der Waals surface area (Å²) in [6, 6.07) is 10.4. The predicted molar refractivity (Wildman–Crippen MR) is 127 cm³/mol. The van der Waals surface area contributed by atoms with E-state index in [1.165, 1.54) is 12.1 Å². The molecule has 0 saturated carbocycles. The topological polar surface area (TPSA) is 105 Å². The number of carboxylic acids is 1. The normalized spacial score (nSPS) is 11.8. The van der Waals surface area contributed by atoms with Crippen molar-refractivity contribution in [2.75, 3.05) is 6.61 Å². The SMILES string of the molecule is CC(C)c1c(-c2cc(F)cc3[nH]ccc23)[nH]c(C(=O)O)c1-c1cccc2[nH]cc(CCO)c12. The van der Waals surface area contributed by atoms with Crippen LogP contribution in [0.25, 0.3) is 44.2 Å². The van der Waals surface area contributed by atoms with Crippen molar-refractivity contribution in [2.24, 2.45) is 0 Å². The summed E-state index contributed by atoms with van der Waals surface area (Å²) < 4.78 is 14.5. The number of rotatable bonds is 6. The fourth-order valence-electron chi connectivity index (χ4n) is 4.86. The summed E-state index contributed by atoms with van der Waals surface area (Å²) in [5.41, 5.74) is 5.85. The number of aromatic carboxylic acids is 1. The fourth-order valence-corrected chi connectivity index (χ4v) is 4.86. The van der Waals surface area contributed by atoms with Crippen LogP contribution in [-0.2, 0) is 6.42 Å². The van der Waals surface area contributed by atoms with Gasteiger partial charge in [0.05, 0.1) is 5.69 Å². The third kappa shape index (κ3) is 3.32. The number of benzene rings is 2. The maximum atomic E-state index is 14.5. The molecule has 0 atom stereocenters. The fraction of sp³-hybridized carbons (Fsp3) is 0.192. The first-order valence-corrected chi connectivity index (χ1v) is 10.9. The van der Waals surface area contributed by atoms with E-state index in [9.17, 15) is 19.4 Å². The number of halogens is 1. The van der Waals surface area contributed by atoms with Crippen LogP contribution in [0.15, 0.2) is 48.8 Å². The Hall–Kier alpha value is -3.84. The Bertz CT molecular complexity index is 1510. The van der Waals surface area contributed by atoms with Gasteiger partial charge < -0.3 is 25.2 Å². The second-order valence-electron chi connectivity index (χ2n) is 8.53. The molecule has 0 radical (unpaired) electrons. The molecule has 3 aromatic heterocycles. The van der Waals surface area contributed by atoms with E-state index in [4.69, 9.17) is 0 Å². The van der Waals surface area contributed by atoms with Crippen LogP contribution >= 0.6 is 0 Å². The summed E-state index contributed by atoms with van der Waals surface area (Å²) in [5.74, 6) is -1.54.